The number of hydrogen-bond donors (Lipinski definition) is 0. The summed E-state index contributed by atoms with van der Waals surface area (Å²) in [5.74, 6) is 3.55. The van der Waals surface area contributed by atoms with Gasteiger partial charge in [-0.1, -0.05) is 48.5 Å². The first-order valence-electron chi connectivity index (χ1n) is 15.4. The topological polar surface area (TPSA) is 62.0 Å². The van der Waals surface area contributed by atoms with Crippen LogP contribution in [-0.4, -0.2) is 51.3 Å². The quantitative estimate of drug-likeness (QED) is 0.0932. The summed E-state index contributed by atoms with van der Waals surface area (Å²) in [7, 11) is 0. The SMILES string of the molecule is CC(CCCCCOc1ccc(-c2ccc(OCC3CO3)cc2)cc1)Oc1ccc(-c2ccc(OCC3CO3)cc2)cc1. The van der Waals surface area contributed by atoms with E-state index in [0.29, 0.717) is 13.2 Å². The fourth-order valence-corrected chi connectivity index (χ4v) is 4.86. The minimum atomic E-state index is 0.166. The van der Waals surface area contributed by atoms with Crippen LogP contribution in [0.3, 0.4) is 0 Å². The van der Waals surface area contributed by atoms with Gasteiger partial charge in [0.2, 0.25) is 0 Å². The van der Waals surface area contributed by atoms with Gasteiger partial charge in [0, 0.05) is 0 Å². The predicted octanol–water partition coefficient (Wildman–Crippen LogP) is 7.98. The van der Waals surface area contributed by atoms with E-state index >= 15 is 0 Å². The van der Waals surface area contributed by atoms with E-state index in [4.69, 9.17) is 28.4 Å². The molecule has 6 nitrogen and oxygen atoms in total. The first-order valence-corrected chi connectivity index (χ1v) is 15.4. The summed E-state index contributed by atoms with van der Waals surface area (Å²) >= 11 is 0. The van der Waals surface area contributed by atoms with Gasteiger partial charge in [-0.25, -0.2) is 0 Å². The fourth-order valence-electron chi connectivity index (χ4n) is 4.86. The molecular weight excluding hydrogens is 540 g/mol. The Morgan fingerprint density at radius 1 is 0.535 bits per heavy atom. The second-order valence-electron chi connectivity index (χ2n) is 11.3. The monoisotopic (exact) mass is 580 g/mol. The molecule has 2 aliphatic rings. The van der Waals surface area contributed by atoms with Crippen molar-refractivity contribution in [3.8, 4) is 45.3 Å². The number of ether oxygens (including phenoxy) is 6. The zero-order valence-corrected chi connectivity index (χ0v) is 24.8. The average molecular weight is 581 g/mol. The zero-order valence-electron chi connectivity index (χ0n) is 24.8. The summed E-state index contributed by atoms with van der Waals surface area (Å²) in [5, 5.41) is 0. The van der Waals surface area contributed by atoms with Crippen molar-refractivity contribution in [1.82, 2.24) is 0 Å². The van der Waals surface area contributed by atoms with Gasteiger partial charge in [-0.05, 0) is 103 Å². The highest BCUT2D eigenvalue weighted by atomic mass is 16.6. The van der Waals surface area contributed by atoms with Crippen LogP contribution in [0.1, 0.15) is 32.6 Å². The van der Waals surface area contributed by atoms with E-state index in [9.17, 15) is 0 Å². The Balaban J connectivity index is 0.846. The molecule has 6 rings (SSSR count). The normalized spacial score (nSPS) is 17.6. The lowest BCUT2D eigenvalue weighted by molar-refractivity contribution is 0.204. The van der Waals surface area contributed by atoms with E-state index < -0.39 is 0 Å². The molecule has 2 saturated heterocycles. The molecule has 0 spiro atoms. The molecule has 2 heterocycles. The highest BCUT2D eigenvalue weighted by Crippen LogP contribution is 2.27. The molecule has 0 aliphatic carbocycles. The van der Waals surface area contributed by atoms with Gasteiger partial charge in [0.1, 0.15) is 48.4 Å². The Morgan fingerprint density at radius 3 is 1.35 bits per heavy atom. The third-order valence-corrected chi connectivity index (χ3v) is 7.62. The Morgan fingerprint density at radius 2 is 0.930 bits per heavy atom. The van der Waals surface area contributed by atoms with Crippen molar-refractivity contribution in [2.75, 3.05) is 33.0 Å². The molecule has 0 amide bonds. The van der Waals surface area contributed by atoms with Gasteiger partial charge >= 0.3 is 0 Å². The van der Waals surface area contributed by atoms with Gasteiger partial charge in [-0.3, -0.25) is 0 Å². The van der Waals surface area contributed by atoms with Gasteiger partial charge in [-0.15, -0.1) is 0 Å². The number of unbranched alkanes of at least 4 members (excludes halogenated alkanes) is 2. The molecule has 0 saturated carbocycles. The maximum absolute atomic E-state index is 6.16. The van der Waals surface area contributed by atoms with Crippen LogP contribution in [0.15, 0.2) is 97.1 Å². The van der Waals surface area contributed by atoms with Gasteiger partial charge in [0.05, 0.1) is 25.9 Å². The van der Waals surface area contributed by atoms with Crippen LogP contribution >= 0.6 is 0 Å². The van der Waals surface area contributed by atoms with Crippen molar-refractivity contribution in [2.45, 2.75) is 50.9 Å². The minimum absolute atomic E-state index is 0.166. The first-order chi connectivity index (χ1) is 21.2. The fraction of sp³-hybridized carbons (Fsp3) is 0.351. The molecule has 2 fully saturated rings. The third-order valence-electron chi connectivity index (χ3n) is 7.62. The lowest BCUT2D eigenvalue weighted by Crippen LogP contribution is -2.11. The summed E-state index contributed by atoms with van der Waals surface area (Å²) in [5.41, 5.74) is 4.63. The van der Waals surface area contributed by atoms with E-state index in [-0.39, 0.29) is 18.3 Å². The lowest BCUT2D eigenvalue weighted by Gasteiger charge is -2.15. The van der Waals surface area contributed by atoms with E-state index in [1.165, 1.54) is 0 Å². The average Bonchev–Trinajstić information content (AvgIpc) is 3.98. The predicted molar refractivity (Wildman–Crippen MR) is 168 cm³/mol. The maximum atomic E-state index is 6.16. The van der Waals surface area contributed by atoms with Crippen LogP contribution in [0.5, 0.6) is 23.0 Å². The Hall–Kier alpha value is -4.00. The van der Waals surface area contributed by atoms with Crippen LogP contribution in [0, 0.1) is 0 Å². The van der Waals surface area contributed by atoms with E-state index in [2.05, 4.69) is 67.6 Å². The summed E-state index contributed by atoms with van der Waals surface area (Å²) in [6.07, 6.45) is 4.96. The van der Waals surface area contributed by atoms with Crippen molar-refractivity contribution < 1.29 is 28.4 Å². The molecule has 0 bridgehead atoms. The van der Waals surface area contributed by atoms with E-state index in [0.717, 1.165) is 90.8 Å². The second kappa shape index (κ2) is 14.5. The van der Waals surface area contributed by atoms with Gasteiger partial charge in [0.15, 0.2) is 0 Å². The number of benzene rings is 4. The standard InChI is InChI=1S/C37H40O6/c1-27(43-35-20-12-31(13-21-35)30-10-18-34(19-11-30)40-24-37-26-42-37)5-3-2-4-22-38-32-14-6-28(7-15-32)29-8-16-33(17-9-29)39-23-36-25-41-36/h6-21,27,36-37H,2-5,22-26H2,1H3. The molecule has 2 aliphatic heterocycles. The number of hydrogen-bond acceptors (Lipinski definition) is 6. The molecule has 6 heteroatoms. The van der Waals surface area contributed by atoms with Crippen LogP contribution in [0.2, 0.25) is 0 Å². The van der Waals surface area contributed by atoms with Gasteiger partial charge < -0.3 is 28.4 Å². The molecule has 3 atom stereocenters. The first kappa shape index (κ1) is 29.1. The summed E-state index contributed by atoms with van der Waals surface area (Å²) < 4.78 is 34.0. The molecule has 0 radical (unpaired) electrons. The number of epoxide rings is 2. The molecular formula is C37H40O6. The third kappa shape index (κ3) is 9.24. The summed E-state index contributed by atoms with van der Waals surface area (Å²) in [6, 6.07) is 33.0. The summed E-state index contributed by atoms with van der Waals surface area (Å²) in [4.78, 5) is 0. The largest absolute Gasteiger partial charge is 0.494 e. The van der Waals surface area contributed by atoms with Crippen LogP contribution in [-0.2, 0) is 9.47 Å². The van der Waals surface area contributed by atoms with Crippen molar-refractivity contribution in [3.63, 3.8) is 0 Å². The van der Waals surface area contributed by atoms with E-state index in [1.807, 2.05) is 36.4 Å². The van der Waals surface area contributed by atoms with Gasteiger partial charge in [-0.2, -0.15) is 0 Å². The maximum Gasteiger partial charge on any atom is 0.119 e. The highest BCUT2D eigenvalue weighted by Gasteiger charge is 2.23. The lowest BCUT2D eigenvalue weighted by atomic mass is 10.1. The molecule has 43 heavy (non-hydrogen) atoms. The molecule has 0 aromatic heterocycles. The minimum Gasteiger partial charge on any atom is -0.494 e. The Bertz CT molecular complexity index is 1390. The van der Waals surface area contributed by atoms with Crippen molar-refractivity contribution in [3.05, 3.63) is 97.1 Å². The van der Waals surface area contributed by atoms with Crippen molar-refractivity contribution in [1.29, 1.82) is 0 Å². The van der Waals surface area contributed by atoms with Gasteiger partial charge in [0.25, 0.3) is 0 Å². The summed E-state index contributed by atoms with van der Waals surface area (Å²) in [6.45, 7) is 5.72. The molecule has 224 valence electrons. The zero-order chi connectivity index (χ0) is 29.3. The van der Waals surface area contributed by atoms with Crippen LogP contribution < -0.4 is 18.9 Å². The highest BCUT2D eigenvalue weighted by molar-refractivity contribution is 5.65. The molecule has 4 aromatic carbocycles. The Kier molecular flexibility index (Phi) is 9.78. The van der Waals surface area contributed by atoms with Crippen molar-refractivity contribution >= 4 is 0 Å². The van der Waals surface area contributed by atoms with E-state index in [1.54, 1.807) is 0 Å². The molecule has 4 aromatic rings. The molecule has 3 unspecified atom stereocenters. The van der Waals surface area contributed by atoms with Crippen LogP contribution in [0.4, 0.5) is 0 Å². The van der Waals surface area contributed by atoms with Crippen molar-refractivity contribution in [2.24, 2.45) is 0 Å². The second-order valence-corrected chi connectivity index (χ2v) is 11.3. The van der Waals surface area contributed by atoms with Crippen LogP contribution in [0.25, 0.3) is 22.3 Å². The Labute approximate surface area is 254 Å². The smallest absolute Gasteiger partial charge is 0.119 e. The molecule has 0 N–H and O–H groups in total. The number of rotatable bonds is 17.